The molecule has 8 aromatic carbocycles. The Balaban J connectivity index is 1.05. The Morgan fingerprint density at radius 1 is 0.345 bits per heavy atom. The summed E-state index contributed by atoms with van der Waals surface area (Å²) >= 11 is 0. The topological polar surface area (TPSA) is 69.9 Å². The molecule has 6 nitrogen and oxygen atoms in total. The zero-order valence-electron chi connectivity index (χ0n) is 29.3. The van der Waals surface area contributed by atoms with E-state index in [1.54, 1.807) is 0 Å². The normalized spacial score (nSPS) is 12.0. The molecule has 0 saturated heterocycles. The predicted molar refractivity (Wildman–Crippen MR) is 223 cm³/mol. The summed E-state index contributed by atoms with van der Waals surface area (Å²) in [7, 11) is 0. The summed E-state index contributed by atoms with van der Waals surface area (Å²) in [5, 5.41) is 8.67. The van der Waals surface area contributed by atoms with Crippen LogP contribution in [-0.2, 0) is 0 Å². The number of hydrogen-bond acceptors (Lipinski definition) is 5. The molecule has 0 unspecified atom stereocenters. The third kappa shape index (κ3) is 4.46. The van der Waals surface area contributed by atoms with Crippen molar-refractivity contribution < 1.29 is 8.83 Å². The van der Waals surface area contributed by atoms with Gasteiger partial charge in [-0.05, 0) is 66.0 Å². The standard InChI is InChI=1S/C49H28N4O2/c1-2-12-29(13-3-1)47-50-48(30-22-25-32(26-23-30)53-39-19-9-6-14-33(39)34-15-7-10-20-40(34)53)52-49(51-47)31-24-27-42-38(28-31)44-45(54-42)36-17-5-4-16-35(36)43-37-18-8-11-21-41(37)55-46(43)44/h1-28H. The van der Waals surface area contributed by atoms with E-state index in [9.17, 15) is 0 Å². The molecule has 0 aliphatic heterocycles. The van der Waals surface area contributed by atoms with E-state index < -0.39 is 0 Å². The maximum Gasteiger partial charge on any atom is 0.164 e. The van der Waals surface area contributed by atoms with Gasteiger partial charge >= 0.3 is 0 Å². The lowest BCUT2D eigenvalue weighted by Crippen LogP contribution is -2.00. The number of para-hydroxylation sites is 3. The van der Waals surface area contributed by atoms with Gasteiger partial charge in [0, 0.05) is 54.7 Å². The lowest BCUT2D eigenvalue weighted by Gasteiger charge is -2.11. The van der Waals surface area contributed by atoms with Gasteiger partial charge in [-0.3, -0.25) is 0 Å². The van der Waals surface area contributed by atoms with E-state index in [0.29, 0.717) is 17.5 Å². The van der Waals surface area contributed by atoms with Gasteiger partial charge in [-0.25, -0.2) is 15.0 Å². The Morgan fingerprint density at radius 3 is 1.56 bits per heavy atom. The Morgan fingerprint density at radius 2 is 0.855 bits per heavy atom. The molecule has 12 aromatic rings. The smallest absolute Gasteiger partial charge is 0.164 e. The van der Waals surface area contributed by atoms with Crippen LogP contribution in [0.3, 0.4) is 0 Å². The molecule has 0 aliphatic rings. The first kappa shape index (κ1) is 29.9. The zero-order chi connectivity index (χ0) is 36.0. The van der Waals surface area contributed by atoms with Gasteiger partial charge in [-0.2, -0.15) is 0 Å². The third-order valence-electron chi connectivity index (χ3n) is 10.8. The SMILES string of the molecule is c1ccc(-c2nc(-c3ccc(-n4c5ccccc5c5ccccc54)cc3)nc(-c3ccc4oc5c6ccccc6c6c7ccccc7oc6c5c4c3)n2)cc1. The largest absolute Gasteiger partial charge is 0.455 e. The molecule has 0 fully saturated rings. The number of rotatable bonds is 4. The fraction of sp³-hybridized carbons (Fsp3) is 0. The van der Waals surface area contributed by atoms with Crippen LogP contribution in [0, 0.1) is 0 Å². The molecule has 0 bridgehead atoms. The van der Waals surface area contributed by atoms with Gasteiger partial charge in [0.1, 0.15) is 22.3 Å². The van der Waals surface area contributed by atoms with Crippen molar-refractivity contribution in [3.8, 4) is 39.9 Å². The van der Waals surface area contributed by atoms with E-state index in [4.69, 9.17) is 23.8 Å². The molecule has 6 heteroatoms. The maximum atomic E-state index is 6.63. The number of aromatic nitrogens is 4. The molecular formula is C49H28N4O2. The van der Waals surface area contributed by atoms with Crippen LogP contribution >= 0.6 is 0 Å². The van der Waals surface area contributed by atoms with Crippen molar-refractivity contribution in [3.05, 3.63) is 170 Å². The highest BCUT2D eigenvalue weighted by Gasteiger charge is 2.22. The Labute approximate surface area is 313 Å². The second kappa shape index (κ2) is 11.5. The summed E-state index contributed by atoms with van der Waals surface area (Å²) in [5.41, 5.74) is 9.32. The van der Waals surface area contributed by atoms with E-state index in [1.165, 1.54) is 21.8 Å². The molecule has 0 spiro atoms. The quantitative estimate of drug-likeness (QED) is 0.182. The molecule has 4 heterocycles. The van der Waals surface area contributed by atoms with Gasteiger partial charge in [0.2, 0.25) is 0 Å². The first-order valence-corrected chi connectivity index (χ1v) is 18.4. The minimum Gasteiger partial charge on any atom is -0.455 e. The Kier molecular flexibility index (Phi) is 6.24. The van der Waals surface area contributed by atoms with Gasteiger partial charge < -0.3 is 13.4 Å². The van der Waals surface area contributed by atoms with Crippen LogP contribution in [0.25, 0.3) is 116 Å². The fourth-order valence-electron chi connectivity index (χ4n) is 8.35. The highest BCUT2D eigenvalue weighted by molar-refractivity contribution is 6.33. The molecule has 0 radical (unpaired) electrons. The van der Waals surface area contributed by atoms with Crippen LogP contribution in [0.5, 0.6) is 0 Å². The summed E-state index contributed by atoms with van der Waals surface area (Å²) in [6, 6.07) is 58.4. The molecule has 256 valence electrons. The van der Waals surface area contributed by atoms with Crippen molar-refractivity contribution >= 4 is 76.5 Å². The second-order valence-corrected chi connectivity index (χ2v) is 14.0. The second-order valence-electron chi connectivity index (χ2n) is 14.0. The van der Waals surface area contributed by atoms with Crippen molar-refractivity contribution in [1.29, 1.82) is 0 Å². The number of hydrogen-bond donors (Lipinski definition) is 0. The van der Waals surface area contributed by atoms with E-state index in [0.717, 1.165) is 77.0 Å². The minimum atomic E-state index is 0.577. The summed E-state index contributed by atoms with van der Waals surface area (Å²) < 4.78 is 15.6. The molecule has 55 heavy (non-hydrogen) atoms. The van der Waals surface area contributed by atoms with Crippen LogP contribution in [0.15, 0.2) is 179 Å². The summed E-state index contributed by atoms with van der Waals surface area (Å²) in [4.78, 5) is 15.2. The minimum absolute atomic E-state index is 0.577. The first-order valence-electron chi connectivity index (χ1n) is 18.4. The maximum absolute atomic E-state index is 6.63. The van der Waals surface area contributed by atoms with Crippen molar-refractivity contribution in [2.45, 2.75) is 0 Å². The third-order valence-corrected chi connectivity index (χ3v) is 10.8. The molecule has 0 atom stereocenters. The van der Waals surface area contributed by atoms with E-state index in [-0.39, 0.29) is 0 Å². The van der Waals surface area contributed by atoms with E-state index in [2.05, 4.69) is 120 Å². The van der Waals surface area contributed by atoms with Gasteiger partial charge in [-0.1, -0.05) is 109 Å². The van der Waals surface area contributed by atoms with Crippen LogP contribution in [-0.4, -0.2) is 19.5 Å². The van der Waals surface area contributed by atoms with Crippen molar-refractivity contribution in [2.75, 3.05) is 0 Å². The lowest BCUT2D eigenvalue weighted by molar-refractivity contribution is 0.665. The van der Waals surface area contributed by atoms with Crippen molar-refractivity contribution in [1.82, 2.24) is 19.5 Å². The molecule has 4 aromatic heterocycles. The molecule has 12 rings (SSSR count). The number of furan rings is 2. The van der Waals surface area contributed by atoms with E-state index >= 15 is 0 Å². The number of nitrogens with zero attached hydrogens (tertiary/aromatic N) is 4. The van der Waals surface area contributed by atoms with Crippen molar-refractivity contribution in [3.63, 3.8) is 0 Å². The lowest BCUT2D eigenvalue weighted by atomic mass is 9.99. The van der Waals surface area contributed by atoms with Gasteiger partial charge in [0.15, 0.2) is 17.5 Å². The van der Waals surface area contributed by atoms with Gasteiger partial charge in [0.25, 0.3) is 0 Å². The molecular weight excluding hydrogens is 677 g/mol. The monoisotopic (exact) mass is 704 g/mol. The summed E-state index contributed by atoms with van der Waals surface area (Å²) in [6.07, 6.45) is 0. The molecule has 0 aliphatic carbocycles. The zero-order valence-corrected chi connectivity index (χ0v) is 29.3. The summed E-state index contributed by atoms with van der Waals surface area (Å²) in [6.45, 7) is 0. The molecule has 0 amide bonds. The van der Waals surface area contributed by atoms with E-state index in [1.807, 2.05) is 54.6 Å². The fourth-order valence-corrected chi connectivity index (χ4v) is 8.35. The highest BCUT2D eigenvalue weighted by atomic mass is 16.3. The molecule has 0 N–H and O–H groups in total. The van der Waals surface area contributed by atoms with Gasteiger partial charge in [0.05, 0.1) is 16.4 Å². The number of fused-ring (bicyclic) bond motifs is 13. The van der Waals surface area contributed by atoms with Crippen LogP contribution in [0.1, 0.15) is 0 Å². The van der Waals surface area contributed by atoms with Crippen LogP contribution in [0.2, 0.25) is 0 Å². The average Bonchev–Trinajstić information content (AvgIpc) is 3.94. The number of benzene rings is 8. The average molecular weight is 705 g/mol. The first-order chi connectivity index (χ1) is 27.3. The predicted octanol–water partition coefficient (Wildman–Crippen LogP) is 12.9. The van der Waals surface area contributed by atoms with Gasteiger partial charge in [-0.15, -0.1) is 0 Å². The van der Waals surface area contributed by atoms with Crippen LogP contribution < -0.4 is 0 Å². The Hall–Kier alpha value is -7.57. The van der Waals surface area contributed by atoms with Crippen molar-refractivity contribution in [2.24, 2.45) is 0 Å². The summed E-state index contributed by atoms with van der Waals surface area (Å²) in [5.74, 6) is 1.78. The Bertz CT molecular complexity index is 3430. The molecule has 0 saturated carbocycles. The van der Waals surface area contributed by atoms with Crippen LogP contribution in [0.4, 0.5) is 0 Å². The highest BCUT2D eigenvalue weighted by Crippen LogP contribution is 2.45.